The molecule has 1 N–H and O–H groups in total. The average Bonchev–Trinajstić information content (AvgIpc) is 2.40. The molecule has 0 saturated carbocycles. The van der Waals surface area contributed by atoms with Gasteiger partial charge in [-0.25, -0.2) is 0 Å². The Labute approximate surface area is 126 Å². The van der Waals surface area contributed by atoms with Crippen molar-refractivity contribution in [3.05, 3.63) is 32.3 Å². The van der Waals surface area contributed by atoms with Crippen LogP contribution in [-0.2, 0) is 4.79 Å². The highest BCUT2D eigenvalue weighted by Crippen LogP contribution is 2.31. The van der Waals surface area contributed by atoms with E-state index in [9.17, 15) is 14.9 Å². The van der Waals surface area contributed by atoms with E-state index < -0.39 is 11.0 Å². The van der Waals surface area contributed by atoms with Crippen molar-refractivity contribution in [2.24, 2.45) is 0 Å². The number of aryl methyl sites for hydroxylation is 1. The Kier molecular flexibility index (Phi) is 5.50. The van der Waals surface area contributed by atoms with Gasteiger partial charge in [-0.15, -0.1) is 0 Å². The van der Waals surface area contributed by atoms with E-state index >= 15 is 0 Å². The average molecular weight is 344 g/mol. The lowest BCUT2D eigenvalue weighted by molar-refractivity contribution is -0.385. The van der Waals surface area contributed by atoms with Crippen molar-refractivity contribution in [3.63, 3.8) is 0 Å². The number of likely N-dealkylation sites (N-methyl/N-ethyl adjacent to an activating group) is 1. The molecule has 7 heteroatoms. The van der Waals surface area contributed by atoms with Crippen LogP contribution >= 0.6 is 15.9 Å². The van der Waals surface area contributed by atoms with Gasteiger partial charge < -0.3 is 10.2 Å². The fraction of sp³-hybridized carbons (Fsp3) is 0.462. The number of hydrogen-bond donors (Lipinski definition) is 1. The maximum atomic E-state index is 12.0. The molecule has 1 aromatic rings. The predicted molar refractivity (Wildman–Crippen MR) is 81.9 cm³/mol. The number of benzene rings is 1. The summed E-state index contributed by atoms with van der Waals surface area (Å²) in [6.07, 6.45) is 0. The van der Waals surface area contributed by atoms with Crippen molar-refractivity contribution in [3.8, 4) is 0 Å². The van der Waals surface area contributed by atoms with Crippen LogP contribution in [0.1, 0.15) is 19.4 Å². The summed E-state index contributed by atoms with van der Waals surface area (Å²) in [5.74, 6) is -0.0320. The minimum absolute atomic E-state index is 0.0320. The number of anilines is 1. The second-order valence-electron chi connectivity index (χ2n) is 4.59. The van der Waals surface area contributed by atoms with Gasteiger partial charge in [-0.1, -0.05) is 0 Å². The molecular weight excluding hydrogens is 326 g/mol. The van der Waals surface area contributed by atoms with Crippen LogP contribution in [0.25, 0.3) is 0 Å². The lowest BCUT2D eigenvalue weighted by Gasteiger charge is -2.22. The Morgan fingerprint density at radius 1 is 1.55 bits per heavy atom. The van der Waals surface area contributed by atoms with Gasteiger partial charge in [0.05, 0.1) is 4.92 Å². The molecule has 0 heterocycles. The first-order chi connectivity index (χ1) is 9.27. The van der Waals surface area contributed by atoms with E-state index in [0.717, 1.165) is 0 Å². The second kappa shape index (κ2) is 6.69. The molecule has 6 nitrogen and oxygen atoms in total. The van der Waals surface area contributed by atoms with Crippen molar-refractivity contribution in [1.82, 2.24) is 4.90 Å². The Hall–Kier alpha value is -1.63. The first-order valence-electron chi connectivity index (χ1n) is 6.24. The standard InChI is InChI=1S/C13H18BrN3O3/c1-5-16(4)13(18)9(3)15-11-6-8(2)12(17(19)20)7-10(11)14/h6-7,9,15H,5H2,1-4H3. The van der Waals surface area contributed by atoms with E-state index in [1.165, 1.54) is 6.07 Å². The summed E-state index contributed by atoms with van der Waals surface area (Å²) < 4.78 is 0.564. The van der Waals surface area contributed by atoms with Crippen LogP contribution in [0.5, 0.6) is 0 Å². The largest absolute Gasteiger partial charge is 0.373 e. The molecule has 0 saturated heterocycles. The molecule has 1 aromatic carbocycles. The lowest BCUT2D eigenvalue weighted by atomic mass is 10.1. The van der Waals surface area contributed by atoms with E-state index in [4.69, 9.17) is 0 Å². The van der Waals surface area contributed by atoms with Gasteiger partial charge in [0.15, 0.2) is 0 Å². The van der Waals surface area contributed by atoms with Crippen molar-refractivity contribution in [1.29, 1.82) is 0 Å². The van der Waals surface area contributed by atoms with Gasteiger partial charge in [0.25, 0.3) is 5.69 Å². The van der Waals surface area contributed by atoms with E-state index in [-0.39, 0.29) is 11.6 Å². The molecule has 1 amide bonds. The van der Waals surface area contributed by atoms with Crippen LogP contribution < -0.4 is 5.32 Å². The molecule has 1 atom stereocenters. The topological polar surface area (TPSA) is 75.5 Å². The molecule has 0 bridgehead atoms. The molecule has 0 aromatic heterocycles. The zero-order valence-corrected chi connectivity index (χ0v) is 13.5. The highest BCUT2D eigenvalue weighted by Gasteiger charge is 2.19. The first kappa shape index (κ1) is 16.4. The summed E-state index contributed by atoms with van der Waals surface area (Å²) >= 11 is 3.29. The first-order valence-corrected chi connectivity index (χ1v) is 7.03. The molecular formula is C13H18BrN3O3. The van der Waals surface area contributed by atoms with Crippen LogP contribution in [0.4, 0.5) is 11.4 Å². The van der Waals surface area contributed by atoms with E-state index in [1.54, 1.807) is 31.9 Å². The van der Waals surface area contributed by atoms with Crippen LogP contribution in [-0.4, -0.2) is 35.4 Å². The van der Waals surface area contributed by atoms with Crippen molar-refractivity contribution >= 4 is 33.2 Å². The Morgan fingerprint density at radius 3 is 2.65 bits per heavy atom. The SMILES string of the molecule is CCN(C)C(=O)C(C)Nc1cc(C)c([N+](=O)[O-])cc1Br. The third-order valence-electron chi connectivity index (χ3n) is 3.08. The number of rotatable bonds is 5. The predicted octanol–water partition coefficient (Wildman–Crippen LogP) is 2.94. The van der Waals surface area contributed by atoms with Crippen LogP contribution in [0.3, 0.4) is 0 Å². The molecule has 0 spiro atoms. The van der Waals surface area contributed by atoms with Crippen LogP contribution in [0.15, 0.2) is 16.6 Å². The number of carbonyl (C=O) groups excluding carboxylic acids is 1. The Bertz CT molecular complexity index is 534. The highest BCUT2D eigenvalue weighted by molar-refractivity contribution is 9.10. The zero-order valence-electron chi connectivity index (χ0n) is 11.9. The second-order valence-corrected chi connectivity index (χ2v) is 5.45. The van der Waals surface area contributed by atoms with E-state index in [1.807, 2.05) is 6.92 Å². The number of carbonyl (C=O) groups is 1. The molecule has 0 aliphatic carbocycles. The third-order valence-corrected chi connectivity index (χ3v) is 3.73. The number of nitrogens with zero attached hydrogens (tertiary/aromatic N) is 2. The van der Waals surface area contributed by atoms with E-state index in [2.05, 4.69) is 21.2 Å². The molecule has 20 heavy (non-hydrogen) atoms. The number of hydrogen-bond acceptors (Lipinski definition) is 4. The maximum Gasteiger partial charge on any atom is 0.273 e. The summed E-state index contributed by atoms with van der Waals surface area (Å²) in [5, 5.41) is 13.9. The molecule has 0 fully saturated rings. The van der Waals surface area contributed by atoms with Gasteiger partial charge in [0.2, 0.25) is 5.91 Å². The fourth-order valence-corrected chi connectivity index (χ4v) is 2.21. The molecule has 0 aliphatic rings. The van der Waals surface area contributed by atoms with Gasteiger partial charge in [0.1, 0.15) is 6.04 Å². The number of nitro benzene ring substituents is 1. The number of amides is 1. The molecule has 0 radical (unpaired) electrons. The van der Waals surface area contributed by atoms with Crippen LogP contribution in [0, 0.1) is 17.0 Å². The summed E-state index contributed by atoms with van der Waals surface area (Å²) in [6.45, 7) is 5.96. The maximum absolute atomic E-state index is 12.0. The van der Waals surface area contributed by atoms with Crippen molar-refractivity contribution in [2.45, 2.75) is 26.8 Å². The van der Waals surface area contributed by atoms with Gasteiger partial charge in [-0.3, -0.25) is 14.9 Å². The quantitative estimate of drug-likeness (QED) is 0.658. The monoisotopic (exact) mass is 343 g/mol. The van der Waals surface area contributed by atoms with Gasteiger partial charge >= 0.3 is 0 Å². The normalized spacial score (nSPS) is 11.8. The van der Waals surface area contributed by atoms with Crippen molar-refractivity contribution in [2.75, 3.05) is 18.9 Å². The molecule has 1 unspecified atom stereocenters. The lowest BCUT2D eigenvalue weighted by Crippen LogP contribution is -2.38. The number of nitro groups is 1. The minimum atomic E-state index is -0.427. The minimum Gasteiger partial charge on any atom is -0.373 e. The zero-order chi connectivity index (χ0) is 15.4. The summed E-state index contributed by atoms with van der Waals surface area (Å²) in [4.78, 5) is 24.0. The smallest absolute Gasteiger partial charge is 0.273 e. The summed E-state index contributed by atoms with van der Waals surface area (Å²) in [7, 11) is 1.73. The van der Waals surface area contributed by atoms with Gasteiger partial charge in [-0.05, 0) is 42.8 Å². The molecule has 110 valence electrons. The number of nitrogens with one attached hydrogen (secondary N) is 1. The number of halogens is 1. The molecule has 1 rings (SSSR count). The third kappa shape index (κ3) is 3.69. The van der Waals surface area contributed by atoms with Gasteiger partial charge in [0, 0.05) is 35.4 Å². The summed E-state index contributed by atoms with van der Waals surface area (Å²) in [6, 6.07) is 2.70. The Morgan fingerprint density at radius 2 is 2.15 bits per heavy atom. The van der Waals surface area contributed by atoms with Gasteiger partial charge in [-0.2, -0.15) is 0 Å². The fourth-order valence-electron chi connectivity index (χ4n) is 1.76. The summed E-state index contributed by atoms with van der Waals surface area (Å²) in [5.41, 5.74) is 1.26. The van der Waals surface area contributed by atoms with E-state index in [0.29, 0.717) is 22.3 Å². The Balaban J connectivity index is 2.96. The highest BCUT2D eigenvalue weighted by atomic mass is 79.9. The van der Waals surface area contributed by atoms with Crippen LogP contribution in [0.2, 0.25) is 0 Å². The molecule has 0 aliphatic heterocycles. The van der Waals surface area contributed by atoms with Crippen molar-refractivity contribution < 1.29 is 9.72 Å².